The van der Waals surface area contributed by atoms with E-state index in [-0.39, 0.29) is 23.0 Å². The molecular formula is C27H30N2O2S. The second-order valence-corrected chi connectivity index (χ2v) is 10.4. The van der Waals surface area contributed by atoms with Gasteiger partial charge in [-0.05, 0) is 61.8 Å². The average molecular weight is 447 g/mol. The first-order valence-electron chi connectivity index (χ1n) is 10.9. The number of carbonyl (C=O) groups is 2. The van der Waals surface area contributed by atoms with Crippen LogP contribution in [0.5, 0.6) is 0 Å². The van der Waals surface area contributed by atoms with Crippen molar-refractivity contribution in [2.75, 3.05) is 11.6 Å². The Labute approximate surface area is 194 Å². The maximum atomic E-state index is 13.5. The monoisotopic (exact) mass is 446 g/mol. The van der Waals surface area contributed by atoms with Crippen LogP contribution in [0, 0.1) is 12.3 Å². The number of hydrogen-bond donors (Lipinski definition) is 2. The molecule has 2 aromatic rings. The van der Waals surface area contributed by atoms with Crippen LogP contribution in [0.4, 0.5) is 5.69 Å². The van der Waals surface area contributed by atoms with Crippen molar-refractivity contribution in [2.45, 2.75) is 51.3 Å². The SMILES string of the molecule is CSc1ccc(C2C(C(=O)Nc3ccc(C)cc3)=C(C)NC3=C2C(=O)CC(C)(C)C3)cc1. The van der Waals surface area contributed by atoms with Gasteiger partial charge in [0.2, 0.25) is 0 Å². The molecule has 0 saturated heterocycles. The molecule has 5 heteroatoms. The van der Waals surface area contributed by atoms with Crippen LogP contribution in [0.1, 0.15) is 50.7 Å². The van der Waals surface area contributed by atoms with Crippen molar-refractivity contribution in [1.82, 2.24) is 5.32 Å². The molecule has 32 heavy (non-hydrogen) atoms. The van der Waals surface area contributed by atoms with Crippen LogP contribution in [-0.2, 0) is 9.59 Å². The van der Waals surface area contributed by atoms with Gasteiger partial charge < -0.3 is 10.6 Å². The van der Waals surface area contributed by atoms with E-state index in [0.29, 0.717) is 12.0 Å². The van der Waals surface area contributed by atoms with Crippen molar-refractivity contribution in [1.29, 1.82) is 0 Å². The molecule has 2 N–H and O–H groups in total. The lowest BCUT2D eigenvalue weighted by Crippen LogP contribution is -2.39. The summed E-state index contributed by atoms with van der Waals surface area (Å²) in [5.74, 6) is -0.436. The summed E-state index contributed by atoms with van der Waals surface area (Å²) in [6.45, 7) is 8.19. The standard InChI is InChI=1S/C27H30N2O2S/c1-16-6-10-19(11-7-16)29-26(31)23-17(2)28-21-14-27(3,4)15-22(30)25(21)24(23)18-8-12-20(32-5)13-9-18/h6-13,24,28H,14-15H2,1-5H3,(H,29,31). The zero-order valence-corrected chi connectivity index (χ0v) is 20.2. The number of benzene rings is 2. The fourth-order valence-corrected chi connectivity index (χ4v) is 5.11. The first-order chi connectivity index (χ1) is 15.2. The maximum Gasteiger partial charge on any atom is 0.254 e. The molecule has 0 aromatic heterocycles. The minimum atomic E-state index is -0.379. The van der Waals surface area contributed by atoms with Crippen molar-refractivity contribution in [3.8, 4) is 0 Å². The Bertz CT molecular complexity index is 1130. The number of rotatable bonds is 4. The fourth-order valence-electron chi connectivity index (χ4n) is 4.70. The van der Waals surface area contributed by atoms with Gasteiger partial charge in [-0.2, -0.15) is 0 Å². The van der Waals surface area contributed by atoms with Gasteiger partial charge in [-0.25, -0.2) is 0 Å². The Morgan fingerprint density at radius 2 is 1.69 bits per heavy atom. The molecule has 1 aliphatic carbocycles. The molecule has 1 amide bonds. The molecule has 0 spiro atoms. The summed E-state index contributed by atoms with van der Waals surface area (Å²) in [6.07, 6.45) is 3.31. The van der Waals surface area contributed by atoms with Gasteiger partial charge in [0.15, 0.2) is 5.78 Å². The molecule has 1 atom stereocenters. The van der Waals surface area contributed by atoms with Gasteiger partial charge in [0, 0.05) is 45.5 Å². The van der Waals surface area contributed by atoms with E-state index in [0.717, 1.165) is 45.1 Å². The smallest absolute Gasteiger partial charge is 0.254 e. The second-order valence-electron chi connectivity index (χ2n) is 9.52. The number of ketones is 1. The molecule has 2 aliphatic rings. The highest BCUT2D eigenvalue weighted by atomic mass is 32.2. The van der Waals surface area contributed by atoms with Crippen molar-refractivity contribution in [2.24, 2.45) is 5.41 Å². The summed E-state index contributed by atoms with van der Waals surface area (Å²) in [5.41, 5.74) is 5.85. The Morgan fingerprint density at radius 3 is 2.31 bits per heavy atom. The Morgan fingerprint density at radius 1 is 1.03 bits per heavy atom. The van der Waals surface area contributed by atoms with Crippen LogP contribution in [0.3, 0.4) is 0 Å². The number of nitrogens with one attached hydrogen (secondary N) is 2. The van der Waals surface area contributed by atoms with E-state index in [1.807, 2.05) is 56.5 Å². The van der Waals surface area contributed by atoms with Gasteiger partial charge in [-0.3, -0.25) is 9.59 Å². The number of Topliss-reactive ketones (excluding diaryl/α,β-unsaturated/α-hetero) is 1. The highest BCUT2D eigenvalue weighted by Gasteiger charge is 2.42. The first-order valence-corrected chi connectivity index (χ1v) is 12.2. The minimum absolute atomic E-state index is 0.0991. The number of anilines is 1. The summed E-state index contributed by atoms with van der Waals surface area (Å²) >= 11 is 1.68. The van der Waals surface area contributed by atoms with Crippen LogP contribution >= 0.6 is 11.8 Å². The number of dihydropyridines is 1. The summed E-state index contributed by atoms with van der Waals surface area (Å²) in [7, 11) is 0. The molecule has 1 heterocycles. The zero-order chi connectivity index (χ0) is 23.0. The largest absolute Gasteiger partial charge is 0.362 e. The molecule has 166 valence electrons. The third-order valence-corrected chi connectivity index (χ3v) is 6.99. The molecule has 4 rings (SSSR count). The zero-order valence-electron chi connectivity index (χ0n) is 19.3. The first kappa shape index (κ1) is 22.4. The van der Waals surface area contributed by atoms with Gasteiger partial charge in [0.1, 0.15) is 0 Å². The molecule has 4 nitrogen and oxygen atoms in total. The van der Waals surface area contributed by atoms with E-state index < -0.39 is 0 Å². The van der Waals surface area contributed by atoms with Crippen molar-refractivity contribution in [3.63, 3.8) is 0 Å². The average Bonchev–Trinajstić information content (AvgIpc) is 2.73. The summed E-state index contributed by atoms with van der Waals surface area (Å²) in [6, 6.07) is 16.0. The highest BCUT2D eigenvalue weighted by molar-refractivity contribution is 7.98. The highest BCUT2D eigenvalue weighted by Crippen LogP contribution is 2.46. The quantitative estimate of drug-likeness (QED) is 0.569. The predicted molar refractivity (Wildman–Crippen MR) is 132 cm³/mol. The lowest BCUT2D eigenvalue weighted by molar-refractivity contribution is -0.118. The summed E-state index contributed by atoms with van der Waals surface area (Å²) in [4.78, 5) is 28.0. The molecule has 0 bridgehead atoms. The van der Waals surface area contributed by atoms with Gasteiger partial charge >= 0.3 is 0 Å². The van der Waals surface area contributed by atoms with Crippen molar-refractivity contribution < 1.29 is 9.59 Å². The normalized spacial score (nSPS) is 20.0. The number of thioether (sulfide) groups is 1. The van der Waals surface area contributed by atoms with Gasteiger partial charge in [0.25, 0.3) is 5.91 Å². The van der Waals surface area contributed by atoms with Gasteiger partial charge in [-0.15, -0.1) is 11.8 Å². The summed E-state index contributed by atoms with van der Waals surface area (Å²) < 4.78 is 0. The van der Waals surface area contributed by atoms with Crippen LogP contribution in [0.2, 0.25) is 0 Å². The van der Waals surface area contributed by atoms with Crippen LogP contribution < -0.4 is 10.6 Å². The molecule has 1 aliphatic heterocycles. The molecular weight excluding hydrogens is 416 g/mol. The Balaban J connectivity index is 1.79. The van der Waals surface area contributed by atoms with Crippen molar-refractivity contribution in [3.05, 3.63) is 82.2 Å². The van der Waals surface area contributed by atoms with Crippen molar-refractivity contribution >= 4 is 29.1 Å². The van der Waals surface area contributed by atoms with E-state index in [9.17, 15) is 9.59 Å². The van der Waals surface area contributed by atoms with E-state index in [2.05, 4.69) is 36.6 Å². The number of amides is 1. The van der Waals surface area contributed by atoms with Crippen LogP contribution in [-0.4, -0.2) is 17.9 Å². The topological polar surface area (TPSA) is 58.2 Å². The van der Waals surface area contributed by atoms with E-state index >= 15 is 0 Å². The third kappa shape index (κ3) is 4.40. The fraction of sp³-hybridized carbons (Fsp3) is 0.333. The van der Waals surface area contributed by atoms with E-state index in [4.69, 9.17) is 0 Å². The molecule has 0 radical (unpaired) electrons. The van der Waals surface area contributed by atoms with Gasteiger partial charge in [0.05, 0.1) is 0 Å². The number of hydrogen-bond acceptors (Lipinski definition) is 4. The lowest BCUT2D eigenvalue weighted by Gasteiger charge is -2.39. The van der Waals surface area contributed by atoms with E-state index in [1.54, 1.807) is 11.8 Å². The third-order valence-electron chi connectivity index (χ3n) is 6.24. The molecule has 0 saturated carbocycles. The van der Waals surface area contributed by atoms with Crippen LogP contribution in [0.15, 0.2) is 76.0 Å². The molecule has 0 fully saturated rings. The predicted octanol–water partition coefficient (Wildman–Crippen LogP) is 5.96. The Kier molecular flexibility index (Phi) is 6.04. The second kappa shape index (κ2) is 8.62. The van der Waals surface area contributed by atoms with Crippen LogP contribution in [0.25, 0.3) is 0 Å². The lowest BCUT2D eigenvalue weighted by atomic mass is 9.68. The number of carbonyl (C=O) groups excluding carboxylic acids is 2. The number of allylic oxidation sites excluding steroid dienone is 3. The molecule has 1 unspecified atom stereocenters. The number of aryl methyl sites for hydroxylation is 1. The van der Waals surface area contributed by atoms with E-state index in [1.165, 1.54) is 0 Å². The Hall–Kier alpha value is -2.79. The maximum absolute atomic E-state index is 13.5. The van der Waals surface area contributed by atoms with Gasteiger partial charge in [-0.1, -0.05) is 43.7 Å². The summed E-state index contributed by atoms with van der Waals surface area (Å²) in [5, 5.41) is 6.47. The minimum Gasteiger partial charge on any atom is -0.362 e. The molecule has 2 aromatic carbocycles.